The van der Waals surface area contributed by atoms with Crippen LogP contribution in [-0.4, -0.2) is 50.6 Å². The number of methoxy groups -OCH3 is 1. The number of rotatable bonds is 8. The minimum absolute atomic E-state index is 0.171. The van der Waals surface area contributed by atoms with E-state index in [2.05, 4.69) is 0 Å². The van der Waals surface area contributed by atoms with Gasteiger partial charge in [-0.05, 0) is 48.7 Å². The molecule has 28 heavy (non-hydrogen) atoms. The molecule has 1 saturated carbocycles. The molecule has 0 saturated heterocycles. The third kappa shape index (κ3) is 5.03. The summed E-state index contributed by atoms with van der Waals surface area (Å²) in [6, 6.07) is 15.0. The van der Waals surface area contributed by atoms with Crippen molar-refractivity contribution >= 4 is 17.6 Å². The van der Waals surface area contributed by atoms with Crippen molar-refractivity contribution in [2.24, 2.45) is 0 Å². The predicted molar refractivity (Wildman–Crippen MR) is 108 cm³/mol. The third-order valence-electron chi connectivity index (χ3n) is 4.74. The maximum absolute atomic E-state index is 12.7. The first-order chi connectivity index (χ1) is 13.5. The van der Waals surface area contributed by atoms with Crippen molar-refractivity contribution in [2.75, 3.05) is 32.7 Å². The molecular weight excluding hydrogens is 356 g/mol. The fourth-order valence-corrected chi connectivity index (χ4v) is 2.94. The van der Waals surface area contributed by atoms with Gasteiger partial charge in [-0.2, -0.15) is 0 Å². The van der Waals surface area contributed by atoms with E-state index in [-0.39, 0.29) is 18.6 Å². The third-order valence-corrected chi connectivity index (χ3v) is 4.74. The zero-order valence-electron chi connectivity index (χ0n) is 16.6. The average Bonchev–Trinajstić information content (AvgIpc) is 3.55. The molecule has 0 bridgehead atoms. The smallest absolute Gasteiger partial charge is 0.338 e. The quantitative estimate of drug-likeness (QED) is 0.657. The van der Waals surface area contributed by atoms with Gasteiger partial charge in [0, 0.05) is 32.4 Å². The summed E-state index contributed by atoms with van der Waals surface area (Å²) in [5.41, 5.74) is 2.36. The van der Waals surface area contributed by atoms with E-state index < -0.39 is 5.97 Å². The summed E-state index contributed by atoms with van der Waals surface area (Å²) in [6.45, 7) is 0.249. The molecule has 0 N–H and O–H groups in total. The molecule has 3 rings (SSSR count). The van der Waals surface area contributed by atoms with Crippen LogP contribution in [0.4, 0.5) is 5.69 Å². The number of esters is 1. The largest absolute Gasteiger partial charge is 0.497 e. The number of anilines is 1. The van der Waals surface area contributed by atoms with E-state index in [0.717, 1.165) is 29.8 Å². The van der Waals surface area contributed by atoms with E-state index in [4.69, 9.17) is 9.47 Å². The highest BCUT2D eigenvalue weighted by Crippen LogP contribution is 2.29. The molecular formula is C22H26N2O4. The number of benzene rings is 2. The van der Waals surface area contributed by atoms with E-state index in [1.165, 1.54) is 0 Å². The maximum Gasteiger partial charge on any atom is 0.338 e. The van der Waals surface area contributed by atoms with Gasteiger partial charge in [0.05, 0.1) is 12.7 Å². The van der Waals surface area contributed by atoms with E-state index in [1.54, 1.807) is 30.2 Å². The molecule has 2 aromatic rings. The van der Waals surface area contributed by atoms with Crippen molar-refractivity contribution in [1.29, 1.82) is 0 Å². The SMILES string of the molecule is COc1ccc(CN(C(=O)COC(=O)c2cccc(N(C)C)c2)C2CC2)cc1. The number of nitrogens with zero attached hydrogens (tertiary/aromatic N) is 2. The number of carbonyl (C=O) groups excluding carboxylic acids is 2. The lowest BCUT2D eigenvalue weighted by Crippen LogP contribution is -2.36. The van der Waals surface area contributed by atoms with Gasteiger partial charge in [-0.15, -0.1) is 0 Å². The Kier molecular flexibility index (Phi) is 6.19. The van der Waals surface area contributed by atoms with Gasteiger partial charge in [0.15, 0.2) is 6.61 Å². The molecule has 6 nitrogen and oxygen atoms in total. The lowest BCUT2D eigenvalue weighted by molar-refractivity contribution is -0.135. The van der Waals surface area contributed by atoms with Gasteiger partial charge >= 0.3 is 5.97 Å². The monoisotopic (exact) mass is 382 g/mol. The van der Waals surface area contributed by atoms with Crippen LogP contribution in [0.15, 0.2) is 48.5 Å². The second-order valence-electron chi connectivity index (χ2n) is 7.12. The molecule has 0 heterocycles. The molecule has 148 valence electrons. The number of carbonyl (C=O) groups is 2. The molecule has 1 aliphatic carbocycles. The summed E-state index contributed by atoms with van der Waals surface area (Å²) in [7, 11) is 5.43. The minimum atomic E-state index is -0.489. The number of hydrogen-bond acceptors (Lipinski definition) is 5. The van der Waals surface area contributed by atoms with Crippen LogP contribution in [0, 0.1) is 0 Å². The predicted octanol–water partition coefficient (Wildman–Crippen LogP) is 3.11. The number of amides is 1. The molecule has 2 aromatic carbocycles. The second-order valence-corrected chi connectivity index (χ2v) is 7.12. The zero-order valence-corrected chi connectivity index (χ0v) is 16.6. The molecule has 0 unspecified atom stereocenters. The first-order valence-electron chi connectivity index (χ1n) is 9.35. The van der Waals surface area contributed by atoms with E-state index in [0.29, 0.717) is 12.1 Å². The summed E-state index contributed by atoms with van der Waals surface area (Å²) in [5.74, 6) is 0.120. The summed E-state index contributed by atoms with van der Waals surface area (Å²) < 4.78 is 10.5. The summed E-state index contributed by atoms with van der Waals surface area (Å²) in [5, 5.41) is 0. The van der Waals surface area contributed by atoms with E-state index in [9.17, 15) is 9.59 Å². The molecule has 0 aromatic heterocycles. The van der Waals surface area contributed by atoms with Crippen molar-refractivity contribution in [1.82, 2.24) is 4.90 Å². The second kappa shape index (κ2) is 8.78. The van der Waals surface area contributed by atoms with Gasteiger partial charge in [-0.25, -0.2) is 4.79 Å². The Morgan fingerprint density at radius 1 is 1.07 bits per heavy atom. The van der Waals surface area contributed by atoms with Gasteiger partial charge in [0.2, 0.25) is 0 Å². The number of hydrogen-bond donors (Lipinski definition) is 0. The molecule has 1 aliphatic rings. The van der Waals surface area contributed by atoms with Crippen molar-refractivity contribution in [3.8, 4) is 5.75 Å². The van der Waals surface area contributed by atoms with Crippen molar-refractivity contribution < 1.29 is 19.1 Å². The lowest BCUT2D eigenvalue weighted by atomic mass is 10.2. The molecule has 0 atom stereocenters. The van der Waals surface area contributed by atoms with Gasteiger partial charge in [0.1, 0.15) is 5.75 Å². The first kappa shape index (κ1) is 19.7. The molecule has 6 heteroatoms. The zero-order chi connectivity index (χ0) is 20.1. The maximum atomic E-state index is 12.7. The fraction of sp³-hybridized carbons (Fsp3) is 0.364. The van der Waals surface area contributed by atoms with Crippen LogP contribution in [0.1, 0.15) is 28.8 Å². The summed E-state index contributed by atoms with van der Waals surface area (Å²) in [6.07, 6.45) is 1.97. The van der Waals surface area contributed by atoms with Crippen LogP contribution < -0.4 is 9.64 Å². The van der Waals surface area contributed by atoms with Gasteiger partial charge in [0.25, 0.3) is 5.91 Å². The Balaban J connectivity index is 1.59. The van der Waals surface area contributed by atoms with E-state index in [1.807, 2.05) is 49.3 Å². The van der Waals surface area contributed by atoms with Crippen LogP contribution in [0.3, 0.4) is 0 Å². The Bertz CT molecular complexity index is 829. The van der Waals surface area contributed by atoms with Gasteiger partial charge in [-0.3, -0.25) is 4.79 Å². The Morgan fingerprint density at radius 2 is 1.79 bits per heavy atom. The molecule has 0 radical (unpaired) electrons. The normalized spacial score (nSPS) is 13.0. The highest BCUT2D eigenvalue weighted by Gasteiger charge is 2.33. The van der Waals surface area contributed by atoms with Crippen LogP contribution in [0.5, 0.6) is 5.75 Å². The molecule has 0 aliphatic heterocycles. The van der Waals surface area contributed by atoms with Crippen LogP contribution in [-0.2, 0) is 16.1 Å². The highest BCUT2D eigenvalue weighted by atomic mass is 16.5. The van der Waals surface area contributed by atoms with Crippen LogP contribution in [0.2, 0.25) is 0 Å². The summed E-state index contributed by atoms with van der Waals surface area (Å²) in [4.78, 5) is 28.7. The lowest BCUT2D eigenvalue weighted by Gasteiger charge is -2.22. The highest BCUT2D eigenvalue weighted by molar-refractivity contribution is 5.92. The minimum Gasteiger partial charge on any atom is -0.497 e. The van der Waals surface area contributed by atoms with E-state index >= 15 is 0 Å². The standard InChI is InChI=1S/C22H26N2O4/c1-23(2)19-6-4-5-17(13-19)22(26)28-15-21(25)24(18-9-10-18)14-16-7-11-20(27-3)12-8-16/h4-8,11-13,18H,9-10,14-15H2,1-3H3. The van der Waals surface area contributed by atoms with Crippen molar-refractivity contribution in [3.63, 3.8) is 0 Å². The number of ether oxygens (including phenoxy) is 2. The Hall–Kier alpha value is -3.02. The first-order valence-corrected chi connectivity index (χ1v) is 9.35. The van der Waals surface area contributed by atoms with Crippen molar-refractivity contribution in [3.05, 3.63) is 59.7 Å². The fourth-order valence-electron chi connectivity index (χ4n) is 2.94. The molecule has 1 amide bonds. The Morgan fingerprint density at radius 3 is 2.39 bits per heavy atom. The van der Waals surface area contributed by atoms with Gasteiger partial charge in [-0.1, -0.05) is 18.2 Å². The summed E-state index contributed by atoms with van der Waals surface area (Å²) >= 11 is 0. The topological polar surface area (TPSA) is 59.1 Å². The van der Waals surface area contributed by atoms with Crippen molar-refractivity contribution in [2.45, 2.75) is 25.4 Å². The van der Waals surface area contributed by atoms with Crippen LogP contribution >= 0.6 is 0 Å². The van der Waals surface area contributed by atoms with Gasteiger partial charge < -0.3 is 19.3 Å². The van der Waals surface area contributed by atoms with Crippen LogP contribution in [0.25, 0.3) is 0 Å². The molecule has 0 spiro atoms. The molecule has 1 fully saturated rings. The average molecular weight is 382 g/mol. The Labute approximate surface area is 165 Å².